The van der Waals surface area contributed by atoms with Crippen LogP contribution in [0.25, 0.3) is 5.57 Å². The molecule has 1 aromatic rings. The van der Waals surface area contributed by atoms with Crippen LogP contribution in [-0.4, -0.2) is 11.6 Å². The van der Waals surface area contributed by atoms with Gasteiger partial charge in [0.15, 0.2) is 0 Å². The van der Waals surface area contributed by atoms with Crippen LogP contribution < -0.4 is 5.73 Å². The van der Waals surface area contributed by atoms with Crippen LogP contribution in [0.5, 0.6) is 0 Å². The molecule has 1 nitrogen and oxygen atoms in total. The first-order chi connectivity index (χ1) is 6.77. The lowest BCUT2D eigenvalue weighted by Crippen LogP contribution is -2.04. The summed E-state index contributed by atoms with van der Waals surface area (Å²) in [6, 6.07) is 10.2. The van der Waals surface area contributed by atoms with Gasteiger partial charge in [0.1, 0.15) is 0 Å². The Morgan fingerprint density at radius 2 is 1.86 bits per heavy atom. The largest absolute Gasteiger partial charge is 0.398 e. The summed E-state index contributed by atoms with van der Waals surface area (Å²) >= 11 is 0. The van der Waals surface area contributed by atoms with E-state index < -0.39 is 0 Å². The van der Waals surface area contributed by atoms with Crippen molar-refractivity contribution in [2.45, 2.75) is 0 Å². The predicted molar refractivity (Wildman–Crippen MR) is 66.3 cm³/mol. The fraction of sp³-hybridized carbons (Fsp3) is 0.0833. The summed E-state index contributed by atoms with van der Waals surface area (Å²) in [4.78, 5) is 0. The highest BCUT2D eigenvalue weighted by molar-refractivity contribution is 8.17. The van der Waals surface area contributed by atoms with Crippen LogP contribution in [0.4, 0.5) is 0 Å². The molecule has 1 aliphatic heterocycles. The number of hydrogen-bond donors (Lipinski definition) is 1. The maximum Gasteiger partial charge on any atom is 0.0452 e. The second-order valence-electron chi connectivity index (χ2n) is 3.26. The van der Waals surface area contributed by atoms with Gasteiger partial charge in [-0.1, -0.05) is 30.3 Å². The van der Waals surface area contributed by atoms with E-state index in [1.807, 2.05) is 18.2 Å². The van der Waals surface area contributed by atoms with E-state index in [-0.39, 0.29) is 10.5 Å². The molecular formula is C12H13NS. The molecule has 0 bridgehead atoms. The Kier molecular flexibility index (Phi) is 2.55. The minimum atomic E-state index is 0.197. The van der Waals surface area contributed by atoms with E-state index in [2.05, 4.69) is 35.2 Å². The van der Waals surface area contributed by atoms with Gasteiger partial charge in [0.05, 0.1) is 0 Å². The molecule has 1 unspecified atom stereocenters. The fourth-order valence-electron chi connectivity index (χ4n) is 1.46. The second-order valence-corrected chi connectivity index (χ2v) is 4.99. The van der Waals surface area contributed by atoms with Crippen molar-refractivity contribution in [3.05, 3.63) is 53.1 Å². The van der Waals surface area contributed by atoms with Crippen LogP contribution in [0.1, 0.15) is 5.56 Å². The molecule has 2 rings (SSSR count). The molecule has 1 heterocycles. The van der Waals surface area contributed by atoms with Crippen LogP contribution in [0, 0.1) is 0 Å². The third-order valence-corrected chi connectivity index (χ3v) is 3.35. The molecule has 0 spiro atoms. The Labute approximate surface area is 86.9 Å². The summed E-state index contributed by atoms with van der Waals surface area (Å²) in [5.74, 6) is 0. The zero-order chi connectivity index (χ0) is 9.97. The van der Waals surface area contributed by atoms with Crippen molar-refractivity contribution in [1.29, 1.82) is 0 Å². The van der Waals surface area contributed by atoms with Crippen molar-refractivity contribution in [3.8, 4) is 0 Å². The standard InChI is InChI=1S/C12H13NS/c1-14-8-7-11(12(13)9-14)10-5-3-2-4-6-10/h2-9H,13H2,1H3. The molecule has 0 amide bonds. The van der Waals surface area contributed by atoms with E-state index in [0.717, 1.165) is 11.3 Å². The molecule has 0 aliphatic carbocycles. The molecule has 1 aliphatic rings. The summed E-state index contributed by atoms with van der Waals surface area (Å²) < 4.78 is 0. The first-order valence-corrected chi connectivity index (χ1v) is 6.25. The molecular weight excluding hydrogens is 190 g/mol. The highest BCUT2D eigenvalue weighted by Gasteiger charge is 2.04. The van der Waals surface area contributed by atoms with Gasteiger partial charge in [-0.25, -0.2) is 0 Å². The first-order valence-electron chi connectivity index (χ1n) is 4.49. The van der Waals surface area contributed by atoms with E-state index in [0.29, 0.717) is 0 Å². The molecule has 0 saturated carbocycles. The molecule has 72 valence electrons. The fourth-order valence-corrected chi connectivity index (χ4v) is 2.41. The van der Waals surface area contributed by atoms with Gasteiger partial charge in [0.25, 0.3) is 0 Å². The molecule has 0 fully saturated rings. The van der Waals surface area contributed by atoms with Crippen LogP contribution in [-0.2, 0) is 0 Å². The van der Waals surface area contributed by atoms with E-state index in [4.69, 9.17) is 5.73 Å². The maximum atomic E-state index is 5.98. The van der Waals surface area contributed by atoms with Gasteiger partial charge in [-0.15, -0.1) is 0 Å². The summed E-state index contributed by atoms with van der Waals surface area (Å²) in [6.45, 7) is 0. The minimum absolute atomic E-state index is 0.197. The number of allylic oxidation sites excluding steroid dienone is 3. The summed E-state index contributed by atoms with van der Waals surface area (Å²) in [5, 5.41) is 4.31. The second kappa shape index (κ2) is 3.84. The molecule has 0 saturated heterocycles. The lowest BCUT2D eigenvalue weighted by atomic mass is 10.0. The monoisotopic (exact) mass is 203 g/mol. The quantitative estimate of drug-likeness (QED) is 0.697. The van der Waals surface area contributed by atoms with Gasteiger partial charge in [0.2, 0.25) is 0 Å². The van der Waals surface area contributed by atoms with Crippen molar-refractivity contribution in [1.82, 2.24) is 0 Å². The smallest absolute Gasteiger partial charge is 0.0452 e. The average molecular weight is 203 g/mol. The van der Waals surface area contributed by atoms with Gasteiger partial charge in [0, 0.05) is 11.3 Å². The zero-order valence-corrected chi connectivity index (χ0v) is 8.92. The molecule has 1 atom stereocenters. The Morgan fingerprint density at radius 3 is 2.50 bits per heavy atom. The lowest BCUT2D eigenvalue weighted by Gasteiger charge is -2.10. The maximum absolute atomic E-state index is 5.98. The molecule has 1 aromatic carbocycles. The Bertz CT molecular complexity index is 427. The SMILES string of the molecule is CS1=CC(N)=C(c2ccccc2)C=C1. The first kappa shape index (κ1) is 9.28. The number of nitrogens with two attached hydrogens (primary N) is 1. The molecule has 2 N–H and O–H groups in total. The van der Waals surface area contributed by atoms with Crippen LogP contribution in [0.3, 0.4) is 0 Å². The van der Waals surface area contributed by atoms with Gasteiger partial charge < -0.3 is 5.73 Å². The van der Waals surface area contributed by atoms with Gasteiger partial charge in [-0.05, 0) is 28.7 Å². The van der Waals surface area contributed by atoms with Crippen molar-refractivity contribution < 1.29 is 0 Å². The minimum Gasteiger partial charge on any atom is -0.398 e. The molecule has 0 aromatic heterocycles. The van der Waals surface area contributed by atoms with Crippen LogP contribution >= 0.6 is 10.5 Å². The third-order valence-electron chi connectivity index (χ3n) is 2.16. The van der Waals surface area contributed by atoms with E-state index in [9.17, 15) is 0 Å². The molecule has 2 heteroatoms. The number of hydrogen-bond acceptors (Lipinski definition) is 1. The number of rotatable bonds is 1. The van der Waals surface area contributed by atoms with Crippen molar-refractivity contribution in [2.75, 3.05) is 6.26 Å². The summed E-state index contributed by atoms with van der Waals surface area (Å²) in [6.07, 6.45) is 4.28. The van der Waals surface area contributed by atoms with Crippen molar-refractivity contribution >= 4 is 21.4 Å². The summed E-state index contributed by atoms with van der Waals surface area (Å²) in [7, 11) is 0.197. The molecule has 0 radical (unpaired) electrons. The Hall–Kier alpha value is -1.28. The van der Waals surface area contributed by atoms with Crippen LogP contribution in [0.2, 0.25) is 0 Å². The van der Waals surface area contributed by atoms with Gasteiger partial charge >= 0.3 is 0 Å². The third kappa shape index (κ3) is 1.80. The van der Waals surface area contributed by atoms with E-state index in [1.54, 1.807) is 0 Å². The van der Waals surface area contributed by atoms with Crippen molar-refractivity contribution in [3.63, 3.8) is 0 Å². The van der Waals surface area contributed by atoms with Crippen LogP contribution in [0.15, 0.2) is 47.5 Å². The highest BCUT2D eigenvalue weighted by atomic mass is 32.2. The molecule has 14 heavy (non-hydrogen) atoms. The predicted octanol–water partition coefficient (Wildman–Crippen LogP) is 2.58. The lowest BCUT2D eigenvalue weighted by molar-refractivity contribution is 1.49. The topological polar surface area (TPSA) is 26.0 Å². The Balaban J connectivity index is 2.47. The zero-order valence-electron chi connectivity index (χ0n) is 8.10. The number of benzene rings is 1. The van der Waals surface area contributed by atoms with Gasteiger partial charge in [-0.3, -0.25) is 0 Å². The summed E-state index contributed by atoms with van der Waals surface area (Å²) in [5.41, 5.74) is 9.20. The van der Waals surface area contributed by atoms with Crippen molar-refractivity contribution in [2.24, 2.45) is 5.73 Å². The average Bonchev–Trinajstić information content (AvgIpc) is 2.19. The Morgan fingerprint density at radius 1 is 1.14 bits per heavy atom. The van der Waals surface area contributed by atoms with E-state index >= 15 is 0 Å². The normalized spacial score (nSPS) is 20.8. The van der Waals surface area contributed by atoms with Gasteiger partial charge in [-0.2, -0.15) is 10.5 Å². The highest BCUT2D eigenvalue weighted by Crippen LogP contribution is 2.25. The van der Waals surface area contributed by atoms with E-state index in [1.165, 1.54) is 5.56 Å².